The molecule has 2 rings (SSSR count). The predicted octanol–water partition coefficient (Wildman–Crippen LogP) is 1.17. The maximum Gasteiger partial charge on any atom is 0.252 e. The van der Waals surface area contributed by atoms with Crippen LogP contribution in [0.4, 0.5) is 0 Å². The summed E-state index contributed by atoms with van der Waals surface area (Å²) in [4.78, 5) is 0.873. The maximum absolute atomic E-state index is 12.1. The Hall–Kier alpha value is -0.500. The fourth-order valence-electron chi connectivity index (χ4n) is 1.37. The Labute approximate surface area is 104 Å². The molecule has 0 spiro atoms. The third-order valence-corrected chi connectivity index (χ3v) is 6.36. The second-order valence-corrected chi connectivity index (χ2v) is 7.48. The number of thiocarbonyl (C=S) groups is 1. The summed E-state index contributed by atoms with van der Waals surface area (Å²) in [6.45, 7) is 0. The topological polar surface area (TPSA) is 63.4 Å². The fourth-order valence-corrected chi connectivity index (χ4v) is 4.32. The van der Waals surface area contributed by atoms with Gasteiger partial charge in [-0.3, -0.25) is 0 Å². The minimum atomic E-state index is -3.35. The molecule has 1 aromatic heterocycles. The molecule has 0 bridgehead atoms. The smallest absolute Gasteiger partial charge is 0.252 e. The van der Waals surface area contributed by atoms with Gasteiger partial charge < -0.3 is 5.73 Å². The van der Waals surface area contributed by atoms with Crippen LogP contribution in [0.25, 0.3) is 0 Å². The van der Waals surface area contributed by atoms with Gasteiger partial charge in [-0.05, 0) is 25.0 Å². The average Bonchev–Trinajstić information content (AvgIpc) is 2.92. The lowest BCUT2D eigenvalue weighted by molar-refractivity contribution is 0.466. The van der Waals surface area contributed by atoms with E-state index in [1.54, 1.807) is 19.2 Å². The number of thiophene rings is 1. The lowest BCUT2D eigenvalue weighted by atomic mass is 10.5. The molecule has 7 heteroatoms. The van der Waals surface area contributed by atoms with Gasteiger partial charge in [-0.2, -0.15) is 4.31 Å². The Morgan fingerprint density at radius 2 is 2.19 bits per heavy atom. The van der Waals surface area contributed by atoms with E-state index < -0.39 is 10.0 Å². The molecule has 16 heavy (non-hydrogen) atoms. The van der Waals surface area contributed by atoms with Gasteiger partial charge >= 0.3 is 0 Å². The van der Waals surface area contributed by atoms with E-state index in [-0.39, 0.29) is 11.0 Å². The zero-order valence-corrected chi connectivity index (χ0v) is 11.2. The third-order valence-electron chi connectivity index (χ3n) is 2.52. The number of hydrogen-bond donors (Lipinski definition) is 1. The lowest BCUT2D eigenvalue weighted by Gasteiger charge is -2.14. The second-order valence-electron chi connectivity index (χ2n) is 3.74. The number of nitrogens with two attached hydrogens (primary N) is 1. The van der Waals surface area contributed by atoms with Crippen LogP contribution in [0, 0.1) is 0 Å². The van der Waals surface area contributed by atoms with E-state index in [1.165, 1.54) is 4.31 Å². The molecule has 0 saturated heterocycles. The Morgan fingerprint density at radius 1 is 1.56 bits per heavy atom. The van der Waals surface area contributed by atoms with Gasteiger partial charge in [0.05, 0.1) is 4.88 Å². The Morgan fingerprint density at radius 3 is 2.62 bits per heavy atom. The van der Waals surface area contributed by atoms with Crippen LogP contribution in [0.15, 0.2) is 16.3 Å². The number of hydrogen-bond acceptors (Lipinski definition) is 4. The van der Waals surface area contributed by atoms with Crippen LogP contribution in [0.1, 0.15) is 17.7 Å². The van der Waals surface area contributed by atoms with Crippen LogP contribution in [0.5, 0.6) is 0 Å². The first-order valence-electron chi connectivity index (χ1n) is 4.80. The first-order valence-corrected chi connectivity index (χ1v) is 7.47. The molecule has 0 radical (unpaired) electrons. The molecule has 1 aliphatic rings. The summed E-state index contributed by atoms with van der Waals surface area (Å²) in [5.41, 5.74) is 5.45. The molecule has 1 aromatic rings. The molecular weight excluding hydrogens is 264 g/mol. The SMILES string of the molecule is CN(C1CC1)S(=O)(=O)c1ccc(C(N)=S)s1. The van der Waals surface area contributed by atoms with Crippen molar-refractivity contribution in [3.05, 3.63) is 17.0 Å². The van der Waals surface area contributed by atoms with Gasteiger partial charge in [-0.25, -0.2) is 8.42 Å². The van der Waals surface area contributed by atoms with E-state index in [4.69, 9.17) is 18.0 Å². The van der Waals surface area contributed by atoms with E-state index >= 15 is 0 Å². The van der Waals surface area contributed by atoms with Crippen molar-refractivity contribution in [2.24, 2.45) is 5.73 Å². The van der Waals surface area contributed by atoms with Gasteiger partial charge in [-0.15, -0.1) is 11.3 Å². The van der Waals surface area contributed by atoms with Gasteiger partial charge in [0.15, 0.2) is 0 Å². The molecule has 1 fully saturated rings. The Bertz CT molecular complexity index is 517. The summed E-state index contributed by atoms with van der Waals surface area (Å²) in [7, 11) is -1.73. The van der Waals surface area contributed by atoms with Crippen molar-refractivity contribution >= 4 is 38.6 Å². The van der Waals surface area contributed by atoms with Crippen molar-refractivity contribution in [1.29, 1.82) is 0 Å². The molecule has 0 amide bonds. The summed E-state index contributed by atoms with van der Waals surface area (Å²) in [6, 6.07) is 3.38. The van der Waals surface area contributed by atoms with Crippen molar-refractivity contribution in [1.82, 2.24) is 4.31 Å². The van der Waals surface area contributed by atoms with Crippen molar-refractivity contribution < 1.29 is 8.42 Å². The standard InChI is InChI=1S/C9H12N2O2S3/c1-11(6-2-3-6)16(12,13)8-5-4-7(15-8)9(10)14/h4-6H,2-3H2,1H3,(H2,10,14). The van der Waals surface area contributed by atoms with E-state index in [0.29, 0.717) is 9.09 Å². The molecule has 2 N–H and O–H groups in total. The van der Waals surface area contributed by atoms with E-state index in [9.17, 15) is 8.42 Å². The Balaban J connectivity index is 2.31. The van der Waals surface area contributed by atoms with E-state index in [1.807, 2.05) is 0 Å². The van der Waals surface area contributed by atoms with Crippen LogP contribution in [-0.4, -0.2) is 30.8 Å². The quantitative estimate of drug-likeness (QED) is 0.838. The molecule has 88 valence electrons. The van der Waals surface area contributed by atoms with Crippen molar-refractivity contribution in [3.63, 3.8) is 0 Å². The molecule has 1 aliphatic carbocycles. The summed E-state index contributed by atoms with van der Waals surface area (Å²) < 4.78 is 25.9. The normalized spacial score (nSPS) is 16.6. The summed E-state index contributed by atoms with van der Waals surface area (Å²) in [6.07, 6.45) is 1.90. The molecular formula is C9H12N2O2S3. The zero-order chi connectivity index (χ0) is 11.9. The van der Waals surface area contributed by atoms with Gasteiger partial charge in [0.1, 0.15) is 9.20 Å². The summed E-state index contributed by atoms with van der Waals surface area (Å²) in [5, 5.41) is 0. The first kappa shape index (κ1) is 12.0. The van der Waals surface area contributed by atoms with Gasteiger partial charge in [0.25, 0.3) is 10.0 Å². The molecule has 0 unspecified atom stereocenters. The second kappa shape index (κ2) is 4.06. The van der Waals surface area contributed by atoms with Crippen LogP contribution < -0.4 is 5.73 Å². The van der Waals surface area contributed by atoms with Crippen LogP contribution >= 0.6 is 23.6 Å². The van der Waals surface area contributed by atoms with Crippen LogP contribution in [0.2, 0.25) is 0 Å². The number of sulfonamides is 1. The van der Waals surface area contributed by atoms with Crippen molar-refractivity contribution in [3.8, 4) is 0 Å². The highest BCUT2D eigenvalue weighted by Crippen LogP contribution is 2.32. The summed E-state index contributed by atoms with van der Waals surface area (Å²) >= 11 is 5.93. The largest absolute Gasteiger partial charge is 0.389 e. The molecule has 0 atom stereocenters. The van der Waals surface area contributed by atoms with E-state index in [2.05, 4.69) is 0 Å². The molecule has 1 saturated carbocycles. The predicted molar refractivity (Wildman–Crippen MR) is 68.2 cm³/mol. The fraction of sp³-hybridized carbons (Fsp3) is 0.444. The number of rotatable bonds is 4. The molecule has 4 nitrogen and oxygen atoms in total. The highest BCUT2D eigenvalue weighted by atomic mass is 32.2. The van der Waals surface area contributed by atoms with Crippen molar-refractivity contribution in [2.45, 2.75) is 23.1 Å². The highest BCUT2D eigenvalue weighted by Gasteiger charge is 2.35. The minimum absolute atomic E-state index is 0.167. The Kier molecular flexibility index (Phi) is 3.04. The van der Waals surface area contributed by atoms with Gasteiger partial charge in [0, 0.05) is 13.1 Å². The van der Waals surface area contributed by atoms with Gasteiger partial charge in [-0.1, -0.05) is 12.2 Å². The zero-order valence-electron chi connectivity index (χ0n) is 8.71. The summed E-state index contributed by atoms with van der Waals surface area (Å²) in [5.74, 6) is 0. The highest BCUT2D eigenvalue weighted by molar-refractivity contribution is 7.91. The monoisotopic (exact) mass is 276 g/mol. The molecule has 1 heterocycles. The van der Waals surface area contributed by atoms with Gasteiger partial charge in [0.2, 0.25) is 0 Å². The molecule has 0 aromatic carbocycles. The van der Waals surface area contributed by atoms with Crippen molar-refractivity contribution in [2.75, 3.05) is 7.05 Å². The molecule has 0 aliphatic heterocycles. The lowest BCUT2D eigenvalue weighted by Crippen LogP contribution is -2.28. The van der Waals surface area contributed by atoms with Crippen LogP contribution in [0.3, 0.4) is 0 Å². The van der Waals surface area contributed by atoms with Crippen LogP contribution in [-0.2, 0) is 10.0 Å². The maximum atomic E-state index is 12.1. The average molecular weight is 276 g/mol. The number of nitrogens with zero attached hydrogens (tertiary/aromatic N) is 1. The van der Waals surface area contributed by atoms with E-state index in [0.717, 1.165) is 24.2 Å². The first-order chi connectivity index (χ1) is 7.43. The minimum Gasteiger partial charge on any atom is -0.389 e. The third kappa shape index (κ3) is 2.13.